The minimum Gasteiger partial charge on any atom is -0.508 e. The quantitative estimate of drug-likeness (QED) is 0.120. The van der Waals surface area contributed by atoms with Gasteiger partial charge in [0.1, 0.15) is 23.0 Å². The van der Waals surface area contributed by atoms with E-state index in [0.29, 0.717) is 0 Å². The van der Waals surface area contributed by atoms with Crippen LogP contribution in [0.15, 0.2) is 84.9 Å². The molecule has 0 amide bonds. The maximum absolute atomic E-state index is 14.1. The van der Waals surface area contributed by atoms with Gasteiger partial charge in [0.25, 0.3) is 0 Å². The monoisotopic (exact) mass is 760 g/mol. The molecular weight excluding hydrogens is 697 g/mol. The second kappa shape index (κ2) is 15.2. The highest BCUT2D eigenvalue weighted by Crippen LogP contribution is 2.45. The highest BCUT2D eigenvalue weighted by Gasteiger charge is 2.37. The van der Waals surface area contributed by atoms with E-state index in [2.05, 4.69) is 0 Å². The number of hydrogen-bond acceptors (Lipinski definition) is 6. The van der Waals surface area contributed by atoms with Gasteiger partial charge in [0.2, 0.25) is 0 Å². The van der Waals surface area contributed by atoms with Crippen molar-refractivity contribution in [3.63, 3.8) is 0 Å². The van der Waals surface area contributed by atoms with E-state index in [0.717, 1.165) is 44.5 Å². The lowest BCUT2D eigenvalue weighted by Crippen LogP contribution is -2.29. The summed E-state index contributed by atoms with van der Waals surface area (Å²) < 4.78 is 0. The normalized spacial score (nSPS) is 13.3. The van der Waals surface area contributed by atoms with Crippen LogP contribution < -0.4 is 0 Å². The van der Waals surface area contributed by atoms with Gasteiger partial charge in [-0.1, -0.05) is 145 Å². The second-order valence-electron chi connectivity index (χ2n) is 20.2. The molecule has 4 aromatic carbocycles. The summed E-state index contributed by atoms with van der Waals surface area (Å²) >= 11 is 0. The molecule has 0 saturated heterocycles. The summed E-state index contributed by atoms with van der Waals surface area (Å²) in [7, 11) is 0. The molecule has 0 radical (unpaired) electrons. The zero-order chi connectivity index (χ0) is 42.4. The van der Waals surface area contributed by atoms with Crippen LogP contribution in [0.4, 0.5) is 0 Å². The van der Waals surface area contributed by atoms with Crippen molar-refractivity contribution in [2.75, 3.05) is 0 Å². The first-order valence-corrected chi connectivity index (χ1v) is 19.6. The Morgan fingerprint density at radius 3 is 0.768 bits per heavy atom. The van der Waals surface area contributed by atoms with E-state index in [4.69, 9.17) is 0 Å². The number of ketones is 2. The van der Waals surface area contributed by atoms with Crippen LogP contribution in [0.1, 0.15) is 154 Å². The molecule has 0 saturated carbocycles. The van der Waals surface area contributed by atoms with E-state index in [1.807, 2.05) is 145 Å². The van der Waals surface area contributed by atoms with Gasteiger partial charge in [-0.25, -0.2) is 0 Å². The minimum absolute atomic E-state index is 0.0244. The Morgan fingerprint density at radius 2 is 0.589 bits per heavy atom. The number of carbonyl (C=O) groups excluding carboxylic acids is 2. The van der Waals surface area contributed by atoms with Crippen molar-refractivity contribution in [1.82, 2.24) is 0 Å². The van der Waals surface area contributed by atoms with Crippen molar-refractivity contribution < 1.29 is 30.0 Å². The first-order valence-electron chi connectivity index (χ1n) is 19.6. The van der Waals surface area contributed by atoms with Crippen LogP contribution >= 0.6 is 0 Å². The van der Waals surface area contributed by atoms with Crippen molar-refractivity contribution in [3.05, 3.63) is 129 Å². The third-order valence-corrected chi connectivity index (χ3v) is 11.3. The Kier molecular flexibility index (Phi) is 11.9. The molecule has 0 bridgehead atoms. The standard InChI is InChI=1S/C50H64O6/c1-45(2,3)37-25-31(15-21-41(37)53)49(13,32-16-22-42(54)38(26-32)46(4,5)6)29-35(51)19-20-36(52)30-50(14,33-17-23-43(55)39(27-33)47(7,8)9)34-18-24-44(56)40(28-34)48(10,11)12/h15-28,53-56H,29-30H2,1-14H3. The number of benzene rings is 4. The molecule has 300 valence electrons. The molecule has 4 rings (SSSR count). The summed E-state index contributed by atoms with van der Waals surface area (Å²) in [4.78, 5) is 28.2. The lowest BCUT2D eigenvalue weighted by Gasteiger charge is -2.34. The van der Waals surface area contributed by atoms with Crippen molar-refractivity contribution in [1.29, 1.82) is 0 Å². The Morgan fingerprint density at radius 1 is 0.393 bits per heavy atom. The van der Waals surface area contributed by atoms with E-state index < -0.39 is 10.8 Å². The fourth-order valence-electron chi connectivity index (χ4n) is 7.66. The Hall–Kier alpha value is -4.84. The van der Waals surface area contributed by atoms with Gasteiger partial charge < -0.3 is 20.4 Å². The van der Waals surface area contributed by atoms with Gasteiger partial charge in [0.05, 0.1) is 0 Å². The van der Waals surface area contributed by atoms with Gasteiger partial charge in [-0.2, -0.15) is 0 Å². The van der Waals surface area contributed by atoms with Crippen molar-refractivity contribution >= 4 is 11.6 Å². The first-order chi connectivity index (χ1) is 25.5. The highest BCUT2D eigenvalue weighted by atomic mass is 16.3. The fraction of sp³-hybridized carbons (Fsp3) is 0.440. The molecule has 4 aromatic rings. The fourth-order valence-corrected chi connectivity index (χ4v) is 7.66. The van der Waals surface area contributed by atoms with Gasteiger partial charge in [-0.3, -0.25) is 9.59 Å². The molecule has 0 spiro atoms. The summed E-state index contributed by atoms with van der Waals surface area (Å²) in [5.41, 5.74) is 3.08. The number of phenols is 4. The molecule has 0 unspecified atom stereocenters. The van der Waals surface area contributed by atoms with Crippen molar-refractivity contribution in [3.8, 4) is 23.0 Å². The third-order valence-electron chi connectivity index (χ3n) is 11.3. The van der Waals surface area contributed by atoms with Crippen molar-refractivity contribution in [2.24, 2.45) is 0 Å². The Balaban J connectivity index is 1.80. The van der Waals surface area contributed by atoms with E-state index in [1.54, 1.807) is 24.3 Å². The van der Waals surface area contributed by atoms with Crippen LogP contribution in [0.3, 0.4) is 0 Å². The molecule has 56 heavy (non-hydrogen) atoms. The minimum atomic E-state index is -0.884. The molecule has 0 atom stereocenters. The lowest BCUT2D eigenvalue weighted by atomic mass is 9.69. The number of carbonyl (C=O) groups is 2. The number of allylic oxidation sites excluding steroid dienone is 2. The van der Waals surface area contributed by atoms with Crippen LogP contribution in [0, 0.1) is 0 Å². The van der Waals surface area contributed by atoms with E-state index >= 15 is 0 Å². The van der Waals surface area contributed by atoms with E-state index in [-0.39, 0.29) is 69.1 Å². The van der Waals surface area contributed by atoms with E-state index in [9.17, 15) is 30.0 Å². The largest absolute Gasteiger partial charge is 0.508 e. The molecule has 0 aliphatic carbocycles. The smallest absolute Gasteiger partial charge is 0.157 e. The summed E-state index contributed by atoms with van der Waals surface area (Å²) in [6.07, 6.45) is 2.78. The molecule has 4 N–H and O–H groups in total. The molecule has 0 fully saturated rings. The van der Waals surface area contributed by atoms with Gasteiger partial charge in [-0.15, -0.1) is 0 Å². The summed E-state index contributed by atoms with van der Waals surface area (Å²) in [6, 6.07) is 21.9. The Labute approximate surface area is 335 Å². The van der Waals surface area contributed by atoms with Crippen LogP contribution in [0.5, 0.6) is 23.0 Å². The molecule has 0 aliphatic heterocycles. The molecule has 6 heteroatoms. The molecular formula is C50H64O6. The van der Waals surface area contributed by atoms with Gasteiger partial charge in [0, 0.05) is 23.7 Å². The van der Waals surface area contributed by atoms with Crippen molar-refractivity contribution in [2.45, 2.75) is 142 Å². The van der Waals surface area contributed by atoms with Gasteiger partial charge >= 0.3 is 0 Å². The van der Waals surface area contributed by atoms with Gasteiger partial charge in [-0.05, 0) is 103 Å². The SMILES string of the molecule is CC(C)(C)c1cc(C(C)(CC(=O)C=CC(=O)CC(C)(c2ccc(O)c(C(C)(C)C)c2)c2ccc(O)c(C(C)(C)C)c2)c2ccc(O)c(C(C)(C)C)c2)ccc1O. The maximum atomic E-state index is 14.1. The predicted octanol–water partition coefficient (Wildman–Crippen LogP) is 11.5. The number of aromatic hydroxyl groups is 4. The van der Waals surface area contributed by atoms with E-state index in [1.165, 1.54) is 12.2 Å². The molecule has 6 nitrogen and oxygen atoms in total. The number of rotatable bonds is 10. The average Bonchev–Trinajstić information content (AvgIpc) is 3.05. The molecule has 0 heterocycles. The first kappa shape index (κ1) is 43.9. The highest BCUT2D eigenvalue weighted by molar-refractivity contribution is 6.00. The second-order valence-corrected chi connectivity index (χ2v) is 20.2. The average molecular weight is 761 g/mol. The summed E-state index contributed by atoms with van der Waals surface area (Å²) in [6.45, 7) is 28.3. The predicted molar refractivity (Wildman–Crippen MR) is 229 cm³/mol. The summed E-state index contributed by atoms with van der Waals surface area (Å²) in [5, 5.41) is 43.4. The number of hydrogen-bond donors (Lipinski definition) is 4. The summed E-state index contributed by atoms with van der Waals surface area (Å²) in [5.74, 6) is 0.203. The zero-order valence-electron chi connectivity index (χ0n) is 36.1. The Bertz CT molecular complexity index is 1860. The van der Waals surface area contributed by atoms with Crippen LogP contribution in [-0.2, 0) is 42.1 Å². The van der Waals surface area contributed by atoms with Crippen LogP contribution in [0.25, 0.3) is 0 Å². The zero-order valence-corrected chi connectivity index (χ0v) is 36.1. The number of phenolic OH excluding ortho intramolecular Hbond substituents is 4. The topological polar surface area (TPSA) is 115 Å². The molecule has 0 aromatic heterocycles. The van der Waals surface area contributed by atoms with Gasteiger partial charge in [0.15, 0.2) is 11.6 Å². The third kappa shape index (κ3) is 9.40. The molecule has 0 aliphatic rings. The van der Waals surface area contributed by atoms with Crippen LogP contribution in [0.2, 0.25) is 0 Å². The lowest BCUT2D eigenvalue weighted by molar-refractivity contribution is -0.117. The van der Waals surface area contributed by atoms with Crippen LogP contribution in [-0.4, -0.2) is 32.0 Å². The maximum Gasteiger partial charge on any atom is 0.157 e.